The lowest BCUT2D eigenvalue weighted by Crippen LogP contribution is -2.53. The molecule has 6 rings (SSSR count). The van der Waals surface area contributed by atoms with Gasteiger partial charge in [0.25, 0.3) is 0 Å². The third-order valence-electron chi connectivity index (χ3n) is 7.35. The number of carbonyl (C=O) groups is 1. The van der Waals surface area contributed by atoms with Crippen molar-refractivity contribution in [1.29, 1.82) is 0 Å². The molecule has 0 unspecified atom stereocenters. The molecule has 2 saturated heterocycles. The second-order valence-electron chi connectivity index (χ2n) is 8.96. The molecule has 4 nitrogen and oxygen atoms in total. The topological polar surface area (TPSA) is 44.4 Å². The van der Waals surface area contributed by atoms with Gasteiger partial charge in [-0.25, -0.2) is 4.39 Å². The molecule has 3 fully saturated rings. The van der Waals surface area contributed by atoms with Crippen molar-refractivity contribution in [3.63, 3.8) is 0 Å². The highest BCUT2D eigenvalue weighted by Crippen LogP contribution is 2.59. The zero-order valence-corrected chi connectivity index (χ0v) is 17.8. The lowest BCUT2D eigenvalue weighted by Gasteiger charge is -2.40. The summed E-state index contributed by atoms with van der Waals surface area (Å²) in [5.41, 5.74) is 1.14. The van der Waals surface area contributed by atoms with Crippen molar-refractivity contribution in [1.82, 2.24) is 10.2 Å². The molecule has 1 aliphatic carbocycles. The Morgan fingerprint density at radius 3 is 2.80 bits per heavy atom. The first-order chi connectivity index (χ1) is 14.5. The number of hydrogen-bond acceptors (Lipinski definition) is 3. The van der Waals surface area contributed by atoms with Crippen LogP contribution < -0.4 is 10.6 Å². The molecule has 2 N–H and O–H groups in total. The SMILES string of the molecule is O=C1Nc2cc(Cl)ccc2[C@@]12[C@@H](c1cccc(Cl)c1F)[C@@H]1NCC[C@@H]1N2CC1CC1. The van der Waals surface area contributed by atoms with Gasteiger partial charge in [-0.05, 0) is 55.5 Å². The molecule has 4 atom stereocenters. The van der Waals surface area contributed by atoms with Crippen LogP contribution in [0.2, 0.25) is 10.0 Å². The van der Waals surface area contributed by atoms with Crippen molar-refractivity contribution < 1.29 is 9.18 Å². The number of halogens is 3. The molecule has 1 amide bonds. The van der Waals surface area contributed by atoms with Gasteiger partial charge in [-0.2, -0.15) is 0 Å². The summed E-state index contributed by atoms with van der Waals surface area (Å²) < 4.78 is 15.4. The summed E-state index contributed by atoms with van der Waals surface area (Å²) in [7, 11) is 0. The molecule has 4 aliphatic rings. The molecule has 156 valence electrons. The first-order valence-corrected chi connectivity index (χ1v) is 11.3. The van der Waals surface area contributed by atoms with Gasteiger partial charge in [0, 0.05) is 40.8 Å². The van der Waals surface area contributed by atoms with Gasteiger partial charge < -0.3 is 10.6 Å². The van der Waals surface area contributed by atoms with Crippen molar-refractivity contribution in [2.24, 2.45) is 5.92 Å². The highest BCUT2D eigenvalue weighted by molar-refractivity contribution is 6.31. The zero-order valence-electron chi connectivity index (χ0n) is 16.3. The van der Waals surface area contributed by atoms with Crippen LogP contribution in [0.25, 0.3) is 0 Å². The molecule has 0 bridgehead atoms. The first kappa shape index (κ1) is 19.1. The molecule has 1 spiro atoms. The molecular formula is C23H22Cl2FN3O. The molecule has 3 heterocycles. The second kappa shape index (κ2) is 6.67. The molecular weight excluding hydrogens is 424 g/mol. The quantitative estimate of drug-likeness (QED) is 0.729. The van der Waals surface area contributed by atoms with Crippen molar-refractivity contribution in [3.05, 3.63) is 63.4 Å². The first-order valence-electron chi connectivity index (χ1n) is 10.6. The maximum Gasteiger partial charge on any atom is 0.250 e. The predicted molar refractivity (Wildman–Crippen MR) is 116 cm³/mol. The third kappa shape index (κ3) is 2.49. The maximum absolute atomic E-state index is 15.4. The van der Waals surface area contributed by atoms with E-state index in [-0.39, 0.29) is 28.9 Å². The standard InChI is InChI=1S/C23H22Cl2FN3O/c24-13-6-7-15-17(10-13)28-22(30)23(15)19(14-2-1-3-16(25)20(14)26)21-18(8-9-27-21)29(23)11-12-4-5-12/h1-3,6-7,10,12,18-19,21,27H,4-5,8-9,11H2,(H,28,30)/t18-,19-,21+,23+/m0/s1. The van der Waals surface area contributed by atoms with Gasteiger partial charge in [0.2, 0.25) is 5.91 Å². The Kier molecular flexibility index (Phi) is 4.24. The minimum Gasteiger partial charge on any atom is -0.324 e. The average Bonchev–Trinajstić information content (AvgIpc) is 3.24. The van der Waals surface area contributed by atoms with Crippen molar-refractivity contribution in [2.45, 2.75) is 42.8 Å². The summed E-state index contributed by atoms with van der Waals surface area (Å²) in [5.74, 6) is -0.319. The fourth-order valence-electron chi connectivity index (χ4n) is 6.03. The fraction of sp³-hybridized carbons (Fsp3) is 0.435. The Bertz CT molecular complexity index is 1060. The second-order valence-corrected chi connectivity index (χ2v) is 9.81. The molecule has 2 aromatic carbocycles. The van der Waals surface area contributed by atoms with Gasteiger partial charge in [0.05, 0.1) is 5.02 Å². The van der Waals surface area contributed by atoms with Crippen LogP contribution in [-0.2, 0) is 10.3 Å². The van der Waals surface area contributed by atoms with Gasteiger partial charge in [-0.1, -0.05) is 41.4 Å². The zero-order chi connectivity index (χ0) is 20.6. The normalized spacial score (nSPS) is 32.5. The lowest BCUT2D eigenvalue weighted by atomic mass is 9.73. The Hall–Kier alpha value is -1.66. The number of fused-ring (bicyclic) bond motifs is 3. The van der Waals surface area contributed by atoms with Crippen molar-refractivity contribution >= 4 is 34.8 Å². The minimum absolute atomic E-state index is 0.0240. The third-order valence-corrected chi connectivity index (χ3v) is 7.88. The van der Waals surface area contributed by atoms with Crippen molar-refractivity contribution in [2.75, 3.05) is 18.4 Å². The molecule has 2 aromatic rings. The van der Waals surface area contributed by atoms with E-state index in [9.17, 15) is 4.79 Å². The van der Waals surface area contributed by atoms with E-state index in [4.69, 9.17) is 23.2 Å². The maximum atomic E-state index is 15.4. The van der Waals surface area contributed by atoms with Gasteiger partial charge in [-0.3, -0.25) is 9.69 Å². The molecule has 0 radical (unpaired) electrons. The van der Waals surface area contributed by atoms with Gasteiger partial charge in [-0.15, -0.1) is 0 Å². The van der Waals surface area contributed by atoms with Crippen LogP contribution in [0.4, 0.5) is 10.1 Å². The van der Waals surface area contributed by atoms with Crippen LogP contribution in [0.15, 0.2) is 36.4 Å². The number of rotatable bonds is 3. The Morgan fingerprint density at radius 2 is 2.00 bits per heavy atom. The van der Waals surface area contributed by atoms with E-state index < -0.39 is 11.4 Å². The smallest absolute Gasteiger partial charge is 0.250 e. The molecule has 30 heavy (non-hydrogen) atoms. The Morgan fingerprint density at radius 1 is 1.17 bits per heavy atom. The van der Waals surface area contributed by atoms with Gasteiger partial charge in [0.1, 0.15) is 11.4 Å². The average molecular weight is 446 g/mol. The van der Waals surface area contributed by atoms with E-state index in [0.29, 0.717) is 16.5 Å². The number of carbonyl (C=O) groups excluding carboxylic acids is 1. The lowest BCUT2D eigenvalue weighted by molar-refractivity contribution is -0.128. The summed E-state index contributed by atoms with van der Waals surface area (Å²) >= 11 is 12.4. The number of likely N-dealkylation sites (tertiary alicyclic amines) is 1. The summed E-state index contributed by atoms with van der Waals surface area (Å²) in [4.78, 5) is 16.2. The van der Waals surface area contributed by atoms with Gasteiger partial charge in [0.15, 0.2) is 0 Å². The largest absolute Gasteiger partial charge is 0.324 e. The van der Waals surface area contributed by atoms with Crippen molar-refractivity contribution in [3.8, 4) is 0 Å². The number of nitrogens with one attached hydrogen (secondary N) is 2. The predicted octanol–water partition coefficient (Wildman–Crippen LogP) is 4.52. The minimum atomic E-state index is -0.975. The molecule has 0 aromatic heterocycles. The van der Waals surface area contributed by atoms with E-state index >= 15 is 4.39 Å². The molecule has 3 aliphatic heterocycles. The van der Waals surface area contributed by atoms with Crippen LogP contribution in [0, 0.1) is 11.7 Å². The summed E-state index contributed by atoms with van der Waals surface area (Å²) in [5, 5.41) is 7.32. The van der Waals surface area contributed by atoms with Gasteiger partial charge >= 0.3 is 0 Å². The number of benzene rings is 2. The van der Waals surface area contributed by atoms with Crippen LogP contribution in [-0.4, -0.2) is 36.0 Å². The van der Waals surface area contributed by atoms with Crippen LogP contribution in [0.1, 0.15) is 36.3 Å². The molecule has 1 saturated carbocycles. The number of amides is 1. The monoisotopic (exact) mass is 445 g/mol. The Balaban J connectivity index is 1.62. The summed E-state index contributed by atoms with van der Waals surface area (Å²) in [6, 6.07) is 10.8. The van der Waals surface area contributed by atoms with E-state index in [2.05, 4.69) is 15.5 Å². The highest BCUT2D eigenvalue weighted by atomic mass is 35.5. The van der Waals surface area contributed by atoms with E-state index in [0.717, 1.165) is 30.8 Å². The number of hydrogen-bond donors (Lipinski definition) is 2. The number of nitrogens with zero attached hydrogens (tertiary/aromatic N) is 1. The summed E-state index contributed by atoms with van der Waals surface area (Å²) in [6.45, 7) is 1.71. The van der Waals surface area contributed by atoms with E-state index in [1.807, 2.05) is 12.1 Å². The Labute approximate surface area is 184 Å². The molecule has 7 heteroatoms. The van der Waals surface area contributed by atoms with Crippen LogP contribution >= 0.6 is 23.2 Å². The van der Waals surface area contributed by atoms with E-state index in [1.54, 1.807) is 24.3 Å². The highest BCUT2D eigenvalue weighted by Gasteiger charge is 2.68. The fourth-order valence-corrected chi connectivity index (χ4v) is 6.38. The summed E-state index contributed by atoms with van der Waals surface area (Å²) in [6.07, 6.45) is 3.30. The number of anilines is 1. The van der Waals surface area contributed by atoms with Crippen LogP contribution in [0.3, 0.4) is 0 Å². The van der Waals surface area contributed by atoms with Crippen LogP contribution in [0.5, 0.6) is 0 Å². The van der Waals surface area contributed by atoms with E-state index in [1.165, 1.54) is 12.8 Å².